The molecule has 1 heterocycles. The number of benzene rings is 2. The first-order valence-electron chi connectivity index (χ1n) is 14.0. The molecule has 1 fully saturated rings. The van der Waals surface area contributed by atoms with E-state index in [0.717, 1.165) is 18.7 Å². The maximum Gasteiger partial charge on any atom is 0.227 e. The molecular weight excluding hydrogens is 524 g/mol. The molecule has 0 unspecified atom stereocenters. The van der Waals surface area contributed by atoms with Gasteiger partial charge >= 0.3 is 0 Å². The number of methoxy groups -OCH3 is 1. The number of carbonyl (C=O) groups is 2. The topological polar surface area (TPSA) is 97.8 Å². The minimum Gasteiger partial charge on any atom is -0.497 e. The summed E-state index contributed by atoms with van der Waals surface area (Å²) in [6.07, 6.45) is 3.70. The fourth-order valence-electron chi connectivity index (χ4n) is 4.82. The van der Waals surface area contributed by atoms with E-state index >= 15 is 0 Å². The molecule has 0 bridgehead atoms. The van der Waals surface area contributed by atoms with Gasteiger partial charge in [0.15, 0.2) is 5.78 Å². The van der Waals surface area contributed by atoms with Crippen molar-refractivity contribution in [1.29, 1.82) is 0 Å². The van der Waals surface area contributed by atoms with Gasteiger partial charge in [-0.25, -0.2) is 0 Å². The molecule has 0 atom stereocenters. The number of carbonyl (C=O) groups excluding carboxylic acids is 2. The predicted octanol–water partition coefficient (Wildman–Crippen LogP) is 3.31. The van der Waals surface area contributed by atoms with Crippen LogP contribution in [-0.2, 0) is 22.4 Å². The van der Waals surface area contributed by atoms with Crippen LogP contribution >= 0.6 is 0 Å². The van der Waals surface area contributed by atoms with Gasteiger partial charge < -0.3 is 29.0 Å². The highest BCUT2D eigenvalue weighted by Gasteiger charge is 2.28. The lowest BCUT2D eigenvalue weighted by molar-refractivity contribution is -0.131. The first kappa shape index (κ1) is 31.9. The van der Waals surface area contributed by atoms with E-state index in [9.17, 15) is 14.7 Å². The van der Waals surface area contributed by atoms with Crippen LogP contribution < -0.4 is 14.2 Å². The second kappa shape index (κ2) is 16.6. The minimum atomic E-state index is -0.276. The molecule has 3 rings (SSSR count). The molecule has 2 aromatic carbocycles. The van der Waals surface area contributed by atoms with Crippen molar-refractivity contribution < 1.29 is 33.6 Å². The van der Waals surface area contributed by atoms with Crippen LogP contribution in [0.25, 0.3) is 0 Å². The number of hydrogen-bond acceptors (Lipinski definition) is 8. The summed E-state index contributed by atoms with van der Waals surface area (Å²) in [4.78, 5) is 31.8. The molecule has 0 aliphatic carbocycles. The Labute approximate surface area is 242 Å². The van der Waals surface area contributed by atoms with E-state index in [1.54, 1.807) is 54.5 Å². The zero-order valence-electron chi connectivity index (χ0n) is 24.2. The van der Waals surface area contributed by atoms with Gasteiger partial charge in [-0.2, -0.15) is 0 Å². The average Bonchev–Trinajstić information content (AvgIpc) is 3.01. The lowest BCUT2D eigenvalue weighted by Gasteiger charge is -2.30. The summed E-state index contributed by atoms with van der Waals surface area (Å²) in [6, 6.07) is 8.54. The molecule has 0 spiro atoms. The Kier molecular flexibility index (Phi) is 12.9. The number of morpholine rings is 1. The summed E-state index contributed by atoms with van der Waals surface area (Å²) in [7, 11) is 1.56. The summed E-state index contributed by atoms with van der Waals surface area (Å²) < 4.78 is 22.7. The fraction of sp³-hybridized carbons (Fsp3) is 0.438. The molecule has 0 aromatic heterocycles. The quantitative estimate of drug-likeness (QED) is 0.230. The maximum absolute atomic E-state index is 14.1. The zero-order chi connectivity index (χ0) is 29.6. The highest BCUT2D eigenvalue weighted by atomic mass is 16.5. The molecule has 0 saturated carbocycles. The van der Waals surface area contributed by atoms with E-state index in [2.05, 4.69) is 18.1 Å². The first-order chi connectivity index (χ1) is 20.0. The van der Waals surface area contributed by atoms with Gasteiger partial charge in [0.1, 0.15) is 30.5 Å². The number of aliphatic hydroxyl groups is 1. The summed E-state index contributed by atoms with van der Waals surface area (Å²) in [5, 5.41) is 9.76. The largest absolute Gasteiger partial charge is 0.497 e. The van der Waals surface area contributed by atoms with Crippen molar-refractivity contribution in [3.8, 4) is 17.2 Å². The Hall–Kier alpha value is -3.66. The number of rotatable bonds is 17. The van der Waals surface area contributed by atoms with Crippen molar-refractivity contribution in [3.63, 3.8) is 0 Å². The minimum absolute atomic E-state index is 0.0563. The van der Waals surface area contributed by atoms with Gasteiger partial charge in [0.05, 0.1) is 38.9 Å². The summed E-state index contributed by atoms with van der Waals surface area (Å²) in [5.41, 5.74) is 2.04. The van der Waals surface area contributed by atoms with E-state index < -0.39 is 0 Å². The van der Waals surface area contributed by atoms with Crippen molar-refractivity contribution >= 4 is 11.7 Å². The van der Waals surface area contributed by atoms with Gasteiger partial charge in [0.2, 0.25) is 5.91 Å². The van der Waals surface area contributed by atoms with Gasteiger partial charge in [-0.1, -0.05) is 32.2 Å². The van der Waals surface area contributed by atoms with E-state index in [4.69, 9.17) is 18.9 Å². The molecule has 9 nitrogen and oxygen atoms in total. The molecular formula is C32H42N2O7. The van der Waals surface area contributed by atoms with Crippen LogP contribution in [0.2, 0.25) is 0 Å². The Bertz CT molecular complexity index is 1170. The Morgan fingerprint density at radius 1 is 1.02 bits per heavy atom. The molecule has 9 heteroatoms. The lowest BCUT2D eigenvalue weighted by atomic mass is 9.89. The van der Waals surface area contributed by atoms with Crippen LogP contribution in [-0.4, -0.2) is 99.5 Å². The van der Waals surface area contributed by atoms with Crippen LogP contribution in [0, 0.1) is 0 Å². The van der Waals surface area contributed by atoms with Gasteiger partial charge in [-0.3, -0.25) is 14.5 Å². The summed E-state index contributed by atoms with van der Waals surface area (Å²) in [6.45, 7) is 13.9. The molecule has 1 aliphatic rings. The number of amides is 1. The Morgan fingerprint density at radius 2 is 1.68 bits per heavy atom. The number of aliphatic hydroxyl groups excluding tert-OH is 1. The molecule has 1 N–H and O–H groups in total. The predicted molar refractivity (Wildman–Crippen MR) is 158 cm³/mol. The Morgan fingerprint density at radius 3 is 2.27 bits per heavy atom. The van der Waals surface area contributed by atoms with Crippen LogP contribution in [0.1, 0.15) is 34.0 Å². The SMILES string of the molecule is C=CCOc1cc(OCC=C)c(C(=O)c2ccc(OC)cc2)c(CC(=O)N(CCO)CCN2CCOCC2)c1CC. The number of ether oxygens (including phenoxy) is 4. The average molecular weight is 567 g/mol. The number of hydrogen-bond donors (Lipinski definition) is 1. The van der Waals surface area contributed by atoms with E-state index in [-0.39, 0.29) is 44.5 Å². The van der Waals surface area contributed by atoms with Crippen LogP contribution in [0.4, 0.5) is 0 Å². The maximum atomic E-state index is 14.1. The summed E-state index contributed by atoms with van der Waals surface area (Å²) in [5.74, 6) is 1.000. The molecule has 2 aromatic rings. The second-order valence-electron chi connectivity index (χ2n) is 9.55. The van der Waals surface area contributed by atoms with Gasteiger partial charge in [0.25, 0.3) is 0 Å². The third kappa shape index (κ3) is 8.66. The molecule has 1 amide bonds. The highest BCUT2D eigenvalue weighted by Crippen LogP contribution is 2.37. The van der Waals surface area contributed by atoms with Crippen LogP contribution in [0.3, 0.4) is 0 Å². The van der Waals surface area contributed by atoms with Crippen LogP contribution in [0.5, 0.6) is 17.2 Å². The van der Waals surface area contributed by atoms with Crippen molar-refractivity contribution in [2.75, 3.05) is 72.9 Å². The van der Waals surface area contributed by atoms with Crippen molar-refractivity contribution in [2.24, 2.45) is 0 Å². The number of ketones is 1. The van der Waals surface area contributed by atoms with E-state index in [1.807, 2.05) is 6.92 Å². The summed E-state index contributed by atoms with van der Waals surface area (Å²) >= 11 is 0. The van der Waals surface area contributed by atoms with Crippen molar-refractivity contribution in [2.45, 2.75) is 19.8 Å². The molecule has 0 radical (unpaired) electrons. The van der Waals surface area contributed by atoms with Crippen molar-refractivity contribution in [3.05, 3.63) is 77.9 Å². The van der Waals surface area contributed by atoms with E-state index in [0.29, 0.717) is 66.7 Å². The van der Waals surface area contributed by atoms with Crippen LogP contribution in [0.15, 0.2) is 55.6 Å². The second-order valence-corrected chi connectivity index (χ2v) is 9.55. The Balaban J connectivity index is 2.07. The third-order valence-electron chi connectivity index (χ3n) is 6.96. The molecule has 222 valence electrons. The van der Waals surface area contributed by atoms with Gasteiger partial charge in [-0.15, -0.1) is 0 Å². The van der Waals surface area contributed by atoms with Crippen molar-refractivity contribution in [1.82, 2.24) is 9.80 Å². The van der Waals surface area contributed by atoms with E-state index in [1.165, 1.54) is 0 Å². The smallest absolute Gasteiger partial charge is 0.227 e. The highest BCUT2D eigenvalue weighted by molar-refractivity contribution is 6.12. The molecule has 1 aliphatic heterocycles. The monoisotopic (exact) mass is 566 g/mol. The first-order valence-corrected chi connectivity index (χ1v) is 14.0. The lowest BCUT2D eigenvalue weighted by Crippen LogP contribution is -2.44. The molecule has 41 heavy (non-hydrogen) atoms. The normalized spacial score (nSPS) is 13.3. The zero-order valence-corrected chi connectivity index (χ0v) is 24.2. The number of nitrogens with zero attached hydrogens (tertiary/aromatic N) is 2. The molecule has 1 saturated heterocycles. The standard InChI is InChI=1S/C32H42N2O7/c1-5-18-40-28-23-29(41-19-6-2)31(32(37)24-8-10-25(38-4)11-9-24)27(26(28)7-3)22-30(36)34(14-17-35)13-12-33-15-20-39-21-16-33/h5-6,8-11,23,35H,1-2,7,12-22H2,3-4H3. The third-order valence-corrected chi connectivity index (χ3v) is 6.96. The fourth-order valence-corrected chi connectivity index (χ4v) is 4.82. The van der Waals surface area contributed by atoms with Gasteiger partial charge in [-0.05, 0) is 41.8 Å². The van der Waals surface area contributed by atoms with Gasteiger partial charge in [0, 0.05) is 44.4 Å².